The molecule has 0 aromatic heterocycles. The fourth-order valence-corrected chi connectivity index (χ4v) is 2.56. The quantitative estimate of drug-likeness (QED) is 0.375. The zero-order chi connectivity index (χ0) is 14.0. The van der Waals surface area contributed by atoms with Crippen LogP contribution in [0.1, 0.15) is 27.2 Å². The molecule has 0 spiro atoms. The van der Waals surface area contributed by atoms with E-state index in [-0.39, 0.29) is 83.9 Å². The molecule has 1 fully saturated rings. The van der Waals surface area contributed by atoms with E-state index in [1.807, 2.05) is 20.8 Å². The Kier molecular flexibility index (Phi) is 12.6. The number of hydrogen-bond donors (Lipinski definition) is 1. The van der Waals surface area contributed by atoms with E-state index in [1.165, 1.54) is 0 Å². The molecule has 1 aliphatic rings. The zero-order valence-electron chi connectivity index (χ0n) is 11.9. The molecule has 4 radical (unpaired) electrons. The molecular formula is C10H18BO6PY2-2. The maximum atomic E-state index is 11.6. The second-order valence-electron chi connectivity index (χ2n) is 5.45. The maximum Gasteiger partial charge on any atom is 0.268 e. The Morgan fingerprint density at radius 3 is 2.50 bits per heavy atom. The summed E-state index contributed by atoms with van der Waals surface area (Å²) < 4.78 is 26.3. The van der Waals surface area contributed by atoms with Gasteiger partial charge >= 0.3 is 0 Å². The van der Waals surface area contributed by atoms with Gasteiger partial charge in [0.25, 0.3) is 7.82 Å². The Labute approximate surface area is 171 Å². The minimum Gasteiger partial charge on any atom is -0.756 e. The summed E-state index contributed by atoms with van der Waals surface area (Å²) in [6.45, 7) is 6.26. The minimum absolute atomic E-state index is 0. The summed E-state index contributed by atoms with van der Waals surface area (Å²) in [5.41, 5.74) is -0.297. The molecule has 1 saturated heterocycles. The zero-order valence-corrected chi connectivity index (χ0v) is 18.5. The van der Waals surface area contributed by atoms with Crippen LogP contribution in [0.5, 0.6) is 0 Å². The molecule has 0 aromatic carbocycles. The van der Waals surface area contributed by atoms with Crippen molar-refractivity contribution in [2.45, 2.75) is 45.4 Å². The summed E-state index contributed by atoms with van der Waals surface area (Å²) in [5.74, 6) is 0. The number of phosphoric acid groups is 1. The van der Waals surface area contributed by atoms with Crippen molar-refractivity contribution in [2.24, 2.45) is 5.41 Å². The molecule has 1 N–H and O–H groups in total. The van der Waals surface area contributed by atoms with Gasteiger partial charge in [0.05, 0.1) is 12.7 Å². The van der Waals surface area contributed by atoms with Gasteiger partial charge in [0.15, 0.2) is 0 Å². The predicted molar refractivity (Wildman–Crippen MR) is 63.2 cm³/mol. The third-order valence-electron chi connectivity index (χ3n) is 2.23. The van der Waals surface area contributed by atoms with E-state index in [0.717, 1.165) is 6.61 Å². The van der Waals surface area contributed by atoms with Crippen LogP contribution in [0.4, 0.5) is 0 Å². The van der Waals surface area contributed by atoms with Crippen molar-refractivity contribution in [3.63, 3.8) is 0 Å². The minimum atomic E-state index is -4.43. The van der Waals surface area contributed by atoms with Gasteiger partial charge in [-0.2, -0.15) is 6.61 Å². The first-order valence-corrected chi connectivity index (χ1v) is 7.11. The number of hydrogen-bond acceptors (Lipinski definition) is 6. The second kappa shape index (κ2) is 10.2. The average Bonchev–Trinajstić information content (AvgIpc) is 2.54. The first-order chi connectivity index (χ1) is 8.13. The standard InChI is InChI=1S/C10H19BO6P.2Y/c1-10(2,3)6-15-18(13,14)17-7-4-9(11)16-8(7)5-12;;/h5,7-9,12H,4,6H2,1-3H3,(H,13,14);;/q-1;;/p-1/t7?,8-,9-;;/m1../s1. The summed E-state index contributed by atoms with van der Waals surface area (Å²) in [6, 6.07) is -0.661. The van der Waals surface area contributed by atoms with Gasteiger partial charge in [0.2, 0.25) is 0 Å². The molecule has 0 saturated carbocycles. The van der Waals surface area contributed by atoms with Crippen LogP contribution in [0.15, 0.2) is 0 Å². The van der Waals surface area contributed by atoms with Gasteiger partial charge in [-0.15, -0.1) is 0 Å². The second-order valence-corrected chi connectivity index (χ2v) is 6.81. The molecule has 0 aromatic rings. The van der Waals surface area contributed by atoms with E-state index in [4.69, 9.17) is 26.7 Å². The van der Waals surface area contributed by atoms with E-state index >= 15 is 0 Å². The molecule has 1 rings (SSSR count). The summed E-state index contributed by atoms with van der Waals surface area (Å²) in [7, 11) is 1.06. The van der Waals surface area contributed by atoms with Crippen molar-refractivity contribution in [2.75, 3.05) is 6.61 Å². The molecule has 1 aliphatic heterocycles. The smallest absolute Gasteiger partial charge is 0.268 e. The fraction of sp³-hybridized carbons (Fsp3) is 0.900. The molecule has 0 aliphatic carbocycles. The van der Waals surface area contributed by atoms with E-state index in [0.29, 0.717) is 0 Å². The molecule has 0 bridgehead atoms. The first kappa shape index (κ1) is 24.6. The number of ether oxygens (including phenoxy) is 1. The van der Waals surface area contributed by atoms with Crippen LogP contribution in [0, 0.1) is 12.0 Å². The largest absolute Gasteiger partial charge is 0.756 e. The Morgan fingerprint density at radius 2 is 2.05 bits per heavy atom. The van der Waals surface area contributed by atoms with Crippen molar-refractivity contribution in [1.82, 2.24) is 0 Å². The Balaban J connectivity index is 0. The van der Waals surface area contributed by atoms with Crippen molar-refractivity contribution < 1.29 is 93.8 Å². The topological polar surface area (TPSA) is 88.1 Å². The third-order valence-corrected chi connectivity index (χ3v) is 3.20. The van der Waals surface area contributed by atoms with Crippen LogP contribution in [-0.2, 0) is 83.8 Å². The first-order valence-electron chi connectivity index (χ1n) is 5.65. The van der Waals surface area contributed by atoms with E-state index in [2.05, 4.69) is 0 Å². The maximum absolute atomic E-state index is 11.6. The summed E-state index contributed by atoms with van der Waals surface area (Å²) in [5, 5.41) is 8.89. The number of phosphoric ester groups is 1. The SMILES string of the molecule is [B][C@H]1CC(OP(=O)([O-])OCC(C)(C)C)[C@@H]([CH-]O)O1.[Y].[Y]. The van der Waals surface area contributed by atoms with Crippen LogP contribution in [0.2, 0.25) is 0 Å². The third kappa shape index (κ3) is 9.44. The van der Waals surface area contributed by atoms with E-state index < -0.39 is 26.0 Å². The van der Waals surface area contributed by atoms with E-state index in [1.54, 1.807) is 0 Å². The van der Waals surface area contributed by atoms with Crippen molar-refractivity contribution >= 4 is 15.7 Å². The van der Waals surface area contributed by atoms with Gasteiger partial charge < -0.3 is 23.8 Å². The Hall–Kier alpha value is 2.30. The van der Waals surface area contributed by atoms with Crippen LogP contribution in [0.3, 0.4) is 0 Å². The van der Waals surface area contributed by atoms with Crippen molar-refractivity contribution in [1.29, 1.82) is 0 Å². The number of aliphatic hydroxyl groups is 1. The normalized spacial score (nSPS) is 29.1. The van der Waals surface area contributed by atoms with Gasteiger partial charge in [-0.25, -0.2) is 0 Å². The summed E-state index contributed by atoms with van der Waals surface area (Å²) in [6.07, 6.45) is -1.54. The molecule has 110 valence electrons. The van der Waals surface area contributed by atoms with Gasteiger partial charge in [0, 0.05) is 71.4 Å². The average molecular weight is 454 g/mol. The summed E-state index contributed by atoms with van der Waals surface area (Å²) >= 11 is 0. The molecule has 4 atom stereocenters. The summed E-state index contributed by atoms with van der Waals surface area (Å²) in [4.78, 5) is 11.6. The van der Waals surface area contributed by atoms with Gasteiger partial charge in [-0.3, -0.25) is 4.57 Å². The van der Waals surface area contributed by atoms with Crippen molar-refractivity contribution in [3.8, 4) is 0 Å². The Morgan fingerprint density at radius 1 is 1.50 bits per heavy atom. The number of rotatable bonds is 5. The molecule has 1 heterocycles. The van der Waals surface area contributed by atoms with Gasteiger partial charge in [-0.05, 0) is 17.9 Å². The van der Waals surface area contributed by atoms with Crippen LogP contribution >= 0.6 is 7.82 Å². The Bertz CT molecular complexity index is 327. The van der Waals surface area contributed by atoms with Crippen LogP contribution in [0.25, 0.3) is 0 Å². The fourth-order valence-electron chi connectivity index (χ4n) is 1.41. The molecular weight excluding hydrogens is 436 g/mol. The molecule has 20 heavy (non-hydrogen) atoms. The number of aliphatic hydroxyl groups excluding tert-OH is 1. The monoisotopic (exact) mass is 454 g/mol. The predicted octanol–water partition coefficient (Wildman–Crippen LogP) is 0.715. The molecule has 0 amide bonds. The molecule has 2 unspecified atom stereocenters. The van der Waals surface area contributed by atoms with Crippen molar-refractivity contribution in [3.05, 3.63) is 6.61 Å². The molecule has 6 nitrogen and oxygen atoms in total. The van der Waals surface area contributed by atoms with Gasteiger partial charge in [0.1, 0.15) is 7.85 Å². The van der Waals surface area contributed by atoms with Gasteiger partial charge in [-0.1, -0.05) is 20.8 Å². The van der Waals surface area contributed by atoms with E-state index in [9.17, 15) is 9.46 Å². The molecule has 10 heteroatoms. The van der Waals surface area contributed by atoms with Crippen LogP contribution < -0.4 is 4.89 Å². The van der Waals surface area contributed by atoms with Crippen LogP contribution in [-0.4, -0.2) is 37.8 Å².